The van der Waals surface area contributed by atoms with Crippen molar-refractivity contribution >= 4 is 37.9 Å². The summed E-state index contributed by atoms with van der Waals surface area (Å²) in [7, 11) is 0. The number of thiol groups is 3. The molecule has 9 N–H and O–H groups in total. The number of hydrogen-bond acceptors (Lipinski definition) is 16. The molecule has 3 aliphatic rings. The van der Waals surface area contributed by atoms with Crippen LogP contribution in [0.15, 0.2) is 0 Å². The predicted molar refractivity (Wildman–Crippen MR) is 168 cm³/mol. The van der Waals surface area contributed by atoms with E-state index in [-0.39, 0.29) is 24.4 Å². The van der Waals surface area contributed by atoms with Crippen molar-refractivity contribution < 1.29 is 64.9 Å². The first-order valence-corrected chi connectivity index (χ1v) is 16.5. The first-order valence-electron chi connectivity index (χ1n) is 14.6. The van der Waals surface area contributed by atoms with Gasteiger partial charge in [-0.15, -0.1) is 0 Å². The van der Waals surface area contributed by atoms with Crippen LogP contribution in [0.2, 0.25) is 0 Å². The second-order valence-corrected chi connectivity index (χ2v) is 12.6. The number of aliphatic hydroxyl groups excluding tert-OH is 9. The van der Waals surface area contributed by atoms with Crippen LogP contribution in [0, 0.1) is 17.8 Å². The van der Waals surface area contributed by atoms with Gasteiger partial charge < -0.3 is 64.9 Å². The molecule has 1 aliphatic heterocycles. The van der Waals surface area contributed by atoms with Crippen LogP contribution < -0.4 is 0 Å². The molecule has 0 aromatic carbocycles. The molecule has 3 fully saturated rings. The third-order valence-electron chi connectivity index (χ3n) is 7.94. The van der Waals surface area contributed by atoms with Crippen LogP contribution in [0.25, 0.3) is 0 Å². The van der Waals surface area contributed by atoms with Crippen LogP contribution in [0.1, 0.15) is 33.6 Å². The maximum absolute atomic E-state index is 9.68. The molecule has 3 rings (SSSR count). The molecule has 0 spiro atoms. The van der Waals surface area contributed by atoms with Crippen molar-refractivity contribution in [2.45, 2.75) is 107 Å². The lowest BCUT2D eigenvalue weighted by Crippen LogP contribution is -2.55. The minimum atomic E-state index is -1.11. The van der Waals surface area contributed by atoms with Crippen molar-refractivity contribution in [3.8, 4) is 0 Å². The molecule has 0 amide bonds. The van der Waals surface area contributed by atoms with Crippen LogP contribution in [-0.2, 0) is 18.9 Å². The van der Waals surface area contributed by atoms with Crippen molar-refractivity contribution in [2.24, 2.45) is 17.8 Å². The molecule has 1 saturated heterocycles. The quantitative estimate of drug-likeness (QED) is 0.111. The number of aliphatic hydroxyl groups is 9. The zero-order valence-electron chi connectivity index (χ0n) is 25.0. The van der Waals surface area contributed by atoms with Crippen LogP contribution in [-0.4, -0.2) is 163 Å². The Labute approximate surface area is 270 Å². The summed E-state index contributed by atoms with van der Waals surface area (Å²) in [6, 6.07) is 0. The van der Waals surface area contributed by atoms with E-state index in [9.17, 15) is 40.9 Å². The van der Waals surface area contributed by atoms with E-state index >= 15 is 0 Å². The molecule has 2 saturated carbocycles. The molecule has 16 heteroatoms. The molecular weight excluding hydrogens is 628 g/mol. The molecule has 15 atom stereocenters. The summed E-state index contributed by atoms with van der Waals surface area (Å²) >= 11 is 12.0. The summed E-state index contributed by atoms with van der Waals surface area (Å²) < 4.78 is 21.3. The standard InChI is InChI=1S/C9H18O5S.2C9H18O4S/c1-5-7(11)8(12)6(4-10)14-9(5)13-2-3-15;2*1-5-4-6(13-2-3-14)8(11)9(12)7(5)10/h5-12,15H,2-4H2,1H3;2*5-12,14H,2-4H2,1H3/t5-,6?,7+,8+,9?;5?,6-,7+,8?,9-;5?,6-,7-,8?,9+/m001/s1. The Morgan fingerprint density at radius 3 is 1.33 bits per heavy atom. The second-order valence-electron chi connectivity index (χ2n) is 11.3. The van der Waals surface area contributed by atoms with Gasteiger partial charge >= 0.3 is 0 Å². The highest BCUT2D eigenvalue weighted by molar-refractivity contribution is 7.80. The molecule has 258 valence electrons. The Bertz CT molecular complexity index is 692. The maximum atomic E-state index is 9.68. The molecular formula is C27H54O13S3. The number of hydrogen-bond donors (Lipinski definition) is 12. The summed E-state index contributed by atoms with van der Waals surface area (Å²) in [5, 5.41) is 85.3. The first kappa shape index (κ1) is 41.6. The second kappa shape index (κ2) is 21.4. The average Bonchev–Trinajstić information content (AvgIpc) is 3.00. The van der Waals surface area contributed by atoms with E-state index in [1.165, 1.54) is 0 Å². The van der Waals surface area contributed by atoms with Crippen LogP contribution in [0.4, 0.5) is 0 Å². The highest BCUT2D eigenvalue weighted by atomic mass is 32.1. The molecule has 13 nitrogen and oxygen atoms in total. The van der Waals surface area contributed by atoms with Gasteiger partial charge in [0.15, 0.2) is 6.29 Å². The number of ether oxygens (including phenoxy) is 4. The molecule has 0 bridgehead atoms. The van der Waals surface area contributed by atoms with Gasteiger partial charge in [0.05, 0.1) is 56.9 Å². The molecule has 43 heavy (non-hydrogen) atoms. The lowest BCUT2D eigenvalue weighted by atomic mass is 9.82. The SMILES string of the molecule is CC1C[C@@H](OCCS)C(O)[C@@H](O)[C@@H]1O.CC1C[C@H](OCCS)C(O)[C@@H](O)[C@@H]1O.C[C@@H]1C(OCCS)OC(CO)[C@@H](O)[C@@H]1O. The van der Waals surface area contributed by atoms with E-state index < -0.39 is 73.4 Å². The summed E-state index contributed by atoms with van der Waals surface area (Å²) in [6.45, 7) is 6.34. The van der Waals surface area contributed by atoms with Gasteiger partial charge in [-0.3, -0.25) is 0 Å². The molecule has 0 radical (unpaired) electrons. The smallest absolute Gasteiger partial charge is 0.163 e. The molecule has 0 aromatic heterocycles. The summed E-state index contributed by atoms with van der Waals surface area (Å²) in [5.74, 6) is 1.26. The summed E-state index contributed by atoms with van der Waals surface area (Å²) in [5.41, 5.74) is 0. The van der Waals surface area contributed by atoms with Gasteiger partial charge in [0.2, 0.25) is 0 Å². The summed E-state index contributed by atoms with van der Waals surface area (Å²) in [6.07, 6.45) is -9.00. The Hall–Kier alpha value is 0.530. The zero-order chi connectivity index (χ0) is 32.9. The third-order valence-corrected chi connectivity index (χ3v) is 8.49. The van der Waals surface area contributed by atoms with E-state index in [4.69, 9.17) is 24.1 Å². The van der Waals surface area contributed by atoms with Gasteiger partial charge in [-0.05, 0) is 24.7 Å². The molecule has 0 aromatic rings. The van der Waals surface area contributed by atoms with Gasteiger partial charge in [0.1, 0.15) is 36.6 Å². The van der Waals surface area contributed by atoms with Crippen molar-refractivity contribution in [3.63, 3.8) is 0 Å². The maximum Gasteiger partial charge on any atom is 0.163 e. The fourth-order valence-corrected chi connectivity index (χ4v) is 5.44. The van der Waals surface area contributed by atoms with E-state index in [0.717, 1.165) is 0 Å². The van der Waals surface area contributed by atoms with Gasteiger partial charge in [0, 0.05) is 23.2 Å². The third kappa shape index (κ3) is 12.6. The van der Waals surface area contributed by atoms with E-state index in [1.54, 1.807) is 6.92 Å². The van der Waals surface area contributed by atoms with Crippen LogP contribution in [0.3, 0.4) is 0 Å². The van der Waals surface area contributed by atoms with Gasteiger partial charge in [-0.1, -0.05) is 20.8 Å². The van der Waals surface area contributed by atoms with Gasteiger partial charge in [-0.2, -0.15) is 37.9 Å². The minimum absolute atomic E-state index is 0.0571. The van der Waals surface area contributed by atoms with E-state index in [2.05, 4.69) is 37.9 Å². The topological polar surface area (TPSA) is 219 Å². The zero-order valence-corrected chi connectivity index (χ0v) is 27.7. The summed E-state index contributed by atoms with van der Waals surface area (Å²) in [4.78, 5) is 0. The van der Waals surface area contributed by atoms with Crippen molar-refractivity contribution in [1.82, 2.24) is 0 Å². The van der Waals surface area contributed by atoms with Crippen molar-refractivity contribution in [2.75, 3.05) is 43.7 Å². The lowest BCUT2D eigenvalue weighted by molar-refractivity contribution is -0.280. The largest absolute Gasteiger partial charge is 0.394 e. The molecule has 6 unspecified atom stereocenters. The first-order chi connectivity index (χ1) is 20.3. The monoisotopic (exact) mass is 682 g/mol. The minimum Gasteiger partial charge on any atom is -0.394 e. The number of rotatable bonds is 10. The Balaban J connectivity index is 0.000000323. The van der Waals surface area contributed by atoms with Crippen LogP contribution in [0.5, 0.6) is 0 Å². The highest BCUT2D eigenvalue weighted by Gasteiger charge is 2.43. The van der Waals surface area contributed by atoms with Crippen molar-refractivity contribution in [1.29, 1.82) is 0 Å². The Kier molecular flexibility index (Phi) is 20.7. The Morgan fingerprint density at radius 1 is 0.558 bits per heavy atom. The highest BCUT2D eigenvalue weighted by Crippen LogP contribution is 2.29. The van der Waals surface area contributed by atoms with Gasteiger partial charge in [-0.25, -0.2) is 0 Å². The van der Waals surface area contributed by atoms with Crippen LogP contribution >= 0.6 is 37.9 Å². The van der Waals surface area contributed by atoms with E-state index in [1.807, 2.05) is 13.8 Å². The molecule has 1 heterocycles. The molecule has 2 aliphatic carbocycles. The fraction of sp³-hybridized carbons (Fsp3) is 1.00. The van der Waals surface area contributed by atoms with Crippen molar-refractivity contribution in [3.05, 3.63) is 0 Å². The lowest BCUT2D eigenvalue weighted by Gasteiger charge is -2.40. The van der Waals surface area contributed by atoms with E-state index in [0.29, 0.717) is 49.9 Å². The van der Waals surface area contributed by atoms with Gasteiger partial charge in [0.25, 0.3) is 0 Å². The normalized spacial score (nSPS) is 43.2. The Morgan fingerprint density at radius 2 is 0.953 bits per heavy atom. The predicted octanol–water partition coefficient (Wildman–Crippen LogP) is -2.14. The fourth-order valence-electron chi connectivity index (χ4n) is 5.13. The average molecular weight is 683 g/mol.